The number of piperidine rings is 2. The lowest BCUT2D eigenvalue weighted by atomic mass is 9.73. The van der Waals surface area contributed by atoms with Gasteiger partial charge < -0.3 is 4.42 Å². The Morgan fingerprint density at radius 2 is 2.15 bits per heavy atom. The zero-order chi connectivity index (χ0) is 13.5. The van der Waals surface area contributed by atoms with Crippen LogP contribution in [-0.2, 0) is 6.42 Å². The normalized spacial score (nSPS) is 30.1. The summed E-state index contributed by atoms with van der Waals surface area (Å²) >= 11 is 0. The summed E-state index contributed by atoms with van der Waals surface area (Å²) in [5.74, 6) is 1.85. The van der Waals surface area contributed by atoms with Crippen LogP contribution in [0.5, 0.6) is 0 Å². The summed E-state index contributed by atoms with van der Waals surface area (Å²) in [5, 5.41) is 1.29. The largest absolute Gasteiger partial charge is 0.464 e. The Bertz CT molecular complexity index is 602. The number of para-hydroxylation sites is 1. The average Bonchev–Trinajstić information content (AvgIpc) is 2.89. The standard InChI is InChI=1S/C18H23NO/c1-13-10-14-6-7-17(13)19(11-14)9-8-15-12-20-18-5-3-2-4-16(15)18/h2-5,12-14,17H,6-11H2,1H3. The van der Waals surface area contributed by atoms with Crippen LogP contribution in [0.1, 0.15) is 31.7 Å². The molecule has 2 bridgehead atoms. The zero-order valence-corrected chi connectivity index (χ0v) is 12.2. The molecule has 20 heavy (non-hydrogen) atoms. The summed E-state index contributed by atoms with van der Waals surface area (Å²) in [6.07, 6.45) is 7.40. The molecule has 3 heterocycles. The van der Waals surface area contributed by atoms with Crippen LogP contribution in [0.3, 0.4) is 0 Å². The molecule has 1 aliphatic carbocycles. The fourth-order valence-electron chi connectivity index (χ4n) is 4.41. The van der Waals surface area contributed by atoms with E-state index in [4.69, 9.17) is 4.42 Å². The fraction of sp³-hybridized carbons (Fsp3) is 0.556. The van der Waals surface area contributed by atoms with Crippen molar-refractivity contribution in [2.24, 2.45) is 11.8 Å². The second-order valence-corrected chi connectivity index (χ2v) is 6.73. The van der Waals surface area contributed by atoms with Gasteiger partial charge in [0.25, 0.3) is 0 Å². The number of furan rings is 1. The average molecular weight is 269 g/mol. The van der Waals surface area contributed by atoms with E-state index in [1.165, 1.54) is 43.3 Å². The minimum absolute atomic E-state index is 0.832. The maximum Gasteiger partial charge on any atom is 0.134 e. The Balaban J connectivity index is 1.48. The van der Waals surface area contributed by atoms with Crippen molar-refractivity contribution in [2.45, 2.75) is 38.6 Å². The Hall–Kier alpha value is -1.28. The summed E-state index contributed by atoms with van der Waals surface area (Å²) in [6, 6.07) is 9.22. The molecule has 2 aromatic rings. The van der Waals surface area contributed by atoms with E-state index in [9.17, 15) is 0 Å². The van der Waals surface area contributed by atoms with Gasteiger partial charge in [0, 0.05) is 24.5 Å². The summed E-state index contributed by atoms with van der Waals surface area (Å²) in [6.45, 7) is 4.95. The van der Waals surface area contributed by atoms with Crippen molar-refractivity contribution in [2.75, 3.05) is 13.1 Å². The Morgan fingerprint density at radius 3 is 3.00 bits per heavy atom. The van der Waals surface area contributed by atoms with Gasteiger partial charge >= 0.3 is 0 Å². The van der Waals surface area contributed by atoms with Crippen LogP contribution < -0.4 is 0 Å². The lowest BCUT2D eigenvalue weighted by Gasteiger charge is -2.49. The molecule has 3 unspecified atom stereocenters. The molecule has 2 aliphatic heterocycles. The highest BCUT2D eigenvalue weighted by Gasteiger charge is 2.37. The molecule has 3 aliphatic rings. The van der Waals surface area contributed by atoms with Crippen LogP contribution in [0, 0.1) is 11.8 Å². The van der Waals surface area contributed by atoms with Crippen molar-refractivity contribution in [1.82, 2.24) is 4.90 Å². The number of benzene rings is 1. The highest BCUT2D eigenvalue weighted by atomic mass is 16.3. The van der Waals surface area contributed by atoms with Crippen LogP contribution in [0.25, 0.3) is 11.0 Å². The number of nitrogens with zero attached hydrogens (tertiary/aromatic N) is 1. The molecule has 2 saturated heterocycles. The number of rotatable bonds is 3. The molecular weight excluding hydrogens is 246 g/mol. The van der Waals surface area contributed by atoms with Crippen LogP contribution in [0.15, 0.2) is 34.9 Å². The van der Waals surface area contributed by atoms with Gasteiger partial charge in [-0.2, -0.15) is 0 Å². The smallest absolute Gasteiger partial charge is 0.134 e. The van der Waals surface area contributed by atoms with Gasteiger partial charge in [0.1, 0.15) is 5.58 Å². The van der Waals surface area contributed by atoms with E-state index in [1.54, 1.807) is 0 Å². The van der Waals surface area contributed by atoms with E-state index in [2.05, 4.69) is 30.0 Å². The van der Waals surface area contributed by atoms with E-state index in [-0.39, 0.29) is 0 Å². The molecule has 1 saturated carbocycles. The minimum atomic E-state index is 0.832. The van der Waals surface area contributed by atoms with Crippen molar-refractivity contribution in [3.05, 3.63) is 36.1 Å². The lowest BCUT2D eigenvalue weighted by molar-refractivity contribution is 0.00922. The first-order valence-corrected chi connectivity index (χ1v) is 8.00. The number of hydrogen-bond donors (Lipinski definition) is 0. The second-order valence-electron chi connectivity index (χ2n) is 6.73. The van der Waals surface area contributed by atoms with E-state index < -0.39 is 0 Å². The Morgan fingerprint density at radius 1 is 1.25 bits per heavy atom. The molecule has 1 aromatic heterocycles. The topological polar surface area (TPSA) is 16.4 Å². The van der Waals surface area contributed by atoms with Gasteiger partial charge in [-0.1, -0.05) is 25.1 Å². The van der Waals surface area contributed by atoms with Crippen LogP contribution >= 0.6 is 0 Å². The molecule has 1 aromatic carbocycles. The van der Waals surface area contributed by atoms with Crippen LogP contribution in [0.4, 0.5) is 0 Å². The first kappa shape index (κ1) is 12.5. The SMILES string of the molecule is CC1CC2CCC1N(CCc1coc3ccccc13)C2. The second kappa shape index (κ2) is 4.92. The van der Waals surface area contributed by atoms with Gasteiger partial charge in [-0.15, -0.1) is 0 Å². The molecule has 3 atom stereocenters. The molecule has 0 amide bonds. The molecule has 2 heteroatoms. The van der Waals surface area contributed by atoms with E-state index in [1.807, 2.05) is 12.3 Å². The number of fused-ring (bicyclic) bond motifs is 4. The summed E-state index contributed by atoms with van der Waals surface area (Å²) in [4.78, 5) is 2.74. The first-order chi connectivity index (χ1) is 9.81. The highest BCUT2D eigenvalue weighted by Crippen LogP contribution is 2.38. The summed E-state index contributed by atoms with van der Waals surface area (Å²) < 4.78 is 5.65. The van der Waals surface area contributed by atoms with E-state index >= 15 is 0 Å². The third kappa shape index (κ3) is 2.07. The zero-order valence-electron chi connectivity index (χ0n) is 12.2. The first-order valence-electron chi connectivity index (χ1n) is 8.00. The summed E-state index contributed by atoms with van der Waals surface area (Å²) in [5.41, 5.74) is 2.39. The molecule has 2 nitrogen and oxygen atoms in total. The van der Waals surface area contributed by atoms with Crippen molar-refractivity contribution in [3.8, 4) is 0 Å². The van der Waals surface area contributed by atoms with Crippen molar-refractivity contribution >= 4 is 11.0 Å². The Labute approximate surface area is 120 Å². The van der Waals surface area contributed by atoms with Gasteiger partial charge in [-0.3, -0.25) is 4.90 Å². The van der Waals surface area contributed by atoms with E-state index in [0.29, 0.717) is 0 Å². The molecule has 0 radical (unpaired) electrons. The van der Waals surface area contributed by atoms with Gasteiger partial charge in [0.2, 0.25) is 0 Å². The quantitative estimate of drug-likeness (QED) is 0.834. The van der Waals surface area contributed by atoms with Crippen LogP contribution in [0.2, 0.25) is 0 Å². The van der Waals surface area contributed by atoms with Gasteiger partial charge in [0.15, 0.2) is 0 Å². The molecule has 0 N–H and O–H groups in total. The maximum absolute atomic E-state index is 5.65. The monoisotopic (exact) mass is 269 g/mol. The molecule has 0 spiro atoms. The third-order valence-electron chi connectivity index (χ3n) is 5.42. The lowest BCUT2D eigenvalue weighted by Crippen LogP contribution is -2.52. The van der Waals surface area contributed by atoms with Gasteiger partial charge in [-0.05, 0) is 49.1 Å². The van der Waals surface area contributed by atoms with Crippen molar-refractivity contribution in [1.29, 1.82) is 0 Å². The minimum Gasteiger partial charge on any atom is -0.464 e. The third-order valence-corrected chi connectivity index (χ3v) is 5.42. The molecule has 3 fully saturated rings. The predicted octanol–water partition coefficient (Wildman–Crippen LogP) is 4.10. The fourth-order valence-corrected chi connectivity index (χ4v) is 4.41. The highest BCUT2D eigenvalue weighted by molar-refractivity contribution is 5.80. The number of hydrogen-bond acceptors (Lipinski definition) is 2. The van der Waals surface area contributed by atoms with E-state index in [0.717, 1.165) is 29.9 Å². The predicted molar refractivity (Wildman–Crippen MR) is 81.8 cm³/mol. The Kier molecular flexibility index (Phi) is 3.07. The summed E-state index contributed by atoms with van der Waals surface area (Å²) in [7, 11) is 0. The molecule has 106 valence electrons. The van der Waals surface area contributed by atoms with Gasteiger partial charge in [-0.25, -0.2) is 0 Å². The van der Waals surface area contributed by atoms with Crippen molar-refractivity contribution in [3.63, 3.8) is 0 Å². The molecule has 5 rings (SSSR count). The maximum atomic E-state index is 5.65. The van der Waals surface area contributed by atoms with Crippen LogP contribution in [-0.4, -0.2) is 24.0 Å². The van der Waals surface area contributed by atoms with Crippen molar-refractivity contribution < 1.29 is 4.42 Å². The molecular formula is C18H23NO. The van der Waals surface area contributed by atoms with Gasteiger partial charge in [0.05, 0.1) is 6.26 Å².